The van der Waals surface area contributed by atoms with Crippen molar-refractivity contribution in [2.45, 2.75) is 32.7 Å². The molecule has 0 atom stereocenters. The van der Waals surface area contributed by atoms with Gasteiger partial charge >= 0.3 is 0 Å². The van der Waals surface area contributed by atoms with Gasteiger partial charge in [0.05, 0.1) is 12.7 Å². The van der Waals surface area contributed by atoms with Gasteiger partial charge < -0.3 is 10.6 Å². The highest BCUT2D eigenvalue weighted by Crippen LogP contribution is 2.21. The maximum Gasteiger partial charge on any atom is 0.191 e. The van der Waals surface area contributed by atoms with Crippen molar-refractivity contribution >= 4 is 5.96 Å². The fourth-order valence-corrected chi connectivity index (χ4v) is 2.39. The van der Waals surface area contributed by atoms with Crippen LogP contribution in [0.4, 0.5) is 0 Å². The molecule has 0 saturated carbocycles. The minimum Gasteiger partial charge on any atom is -0.356 e. The van der Waals surface area contributed by atoms with E-state index in [0.717, 1.165) is 25.6 Å². The van der Waals surface area contributed by atoms with Crippen LogP contribution in [0.2, 0.25) is 0 Å². The summed E-state index contributed by atoms with van der Waals surface area (Å²) in [6.45, 7) is 8.92. The lowest BCUT2D eigenvalue weighted by atomic mass is 9.85. The number of hydrogen-bond donors (Lipinski definition) is 2. The number of guanidine groups is 1. The molecule has 0 bridgehead atoms. The Kier molecular flexibility index (Phi) is 5.79. The van der Waals surface area contributed by atoms with Crippen molar-refractivity contribution < 1.29 is 0 Å². The minimum atomic E-state index is 0.0397. The van der Waals surface area contributed by atoms with Crippen LogP contribution in [0.5, 0.6) is 0 Å². The number of nitrogens with zero attached hydrogens (tertiary/aromatic N) is 3. The fraction of sp³-hybridized carbons (Fsp3) is 0.444. The van der Waals surface area contributed by atoms with Crippen molar-refractivity contribution in [1.29, 1.82) is 0 Å². The third-order valence-corrected chi connectivity index (χ3v) is 3.87. The highest BCUT2D eigenvalue weighted by atomic mass is 15.3. The number of benzene rings is 1. The van der Waals surface area contributed by atoms with Gasteiger partial charge in [-0.2, -0.15) is 5.10 Å². The zero-order valence-electron chi connectivity index (χ0n) is 14.5. The molecule has 0 spiro atoms. The number of aromatic nitrogens is 2. The van der Waals surface area contributed by atoms with E-state index in [1.807, 2.05) is 30.1 Å². The zero-order valence-corrected chi connectivity index (χ0v) is 14.5. The van der Waals surface area contributed by atoms with Gasteiger partial charge in [0, 0.05) is 31.7 Å². The number of nitrogens with one attached hydrogen (secondary N) is 2. The first kappa shape index (κ1) is 17.1. The Balaban J connectivity index is 1.80. The fourth-order valence-electron chi connectivity index (χ4n) is 2.39. The molecule has 1 heterocycles. The van der Waals surface area contributed by atoms with Crippen molar-refractivity contribution in [3.63, 3.8) is 0 Å². The molecule has 0 amide bonds. The van der Waals surface area contributed by atoms with Crippen molar-refractivity contribution in [1.82, 2.24) is 20.4 Å². The van der Waals surface area contributed by atoms with Crippen LogP contribution >= 0.6 is 0 Å². The summed E-state index contributed by atoms with van der Waals surface area (Å²) in [5, 5.41) is 11.0. The van der Waals surface area contributed by atoms with E-state index in [9.17, 15) is 0 Å². The van der Waals surface area contributed by atoms with E-state index >= 15 is 0 Å². The molecular formula is C18H27N5. The molecule has 23 heavy (non-hydrogen) atoms. The van der Waals surface area contributed by atoms with E-state index in [1.165, 1.54) is 11.1 Å². The van der Waals surface area contributed by atoms with Crippen LogP contribution in [0.1, 0.15) is 25.0 Å². The Morgan fingerprint density at radius 3 is 2.57 bits per heavy atom. The highest BCUT2D eigenvalue weighted by Gasteiger charge is 2.20. The van der Waals surface area contributed by atoms with E-state index in [0.29, 0.717) is 0 Å². The number of rotatable bonds is 6. The molecule has 0 aliphatic rings. The van der Waals surface area contributed by atoms with E-state index in [2.05, 4.69) is 58.8 Å². The molecule has 0 aliphatic carbocycles. The Labute approximate surface area is 138 Å². The van der Waals surface area contributed by atoms with E-state index in [1.54, 1.807) is 7.05 Å². The van der Waals surface area contributed by atoms with Crippen LogP contribution in [-0.2, 0) is 12.0 Å². The topological polar surface area (TPSA) is 54.2 Å². The monoisotopic (exact) mass is 313 g/mol. The van der Waals surface area contributed by atoms with Gasteiger partial charge in [-0.1, -0.05) is 44.2 Å². The second-order valence-corrected chi connectivity index (χ2v) is 6.38. The standard InChI is InChI=1S/C18H27N5/c1-15-12-22-23(13-15)11-10-20-17(19-4)21-14-18(2,3)16-8-6-5-7-9-16/h5-9,12-13H,10-11,14H2,1-4H3,(H2,19,20,21). The van der Waals surface area contributed by atoms with Crippen molar-refractivity contribution in [3.05, 3.63) is 53.9 Å². The summed E-state index contributed by atoms with van der Waals surface area (Å²) in [6, 6.07) is 10.5. The van der Waals surface area contributed by atoms with E-state index in [-0.39, 0.29) is 5.41 Å². The highest BCUT2D eigenvalue weighted by molar-refractivity contribution is 5.79. The van der Waals surface area contributed by atoms with Crippen molar-refractivity contribution in [2.75, 3.05) is 20.1 Å². The third-order valence-electron chi connectivity index (χ3n) is 3.87. The molecule has 1 aromatic heterocycles. The van der Waals surface area contributed by atoms with E-state index in [4.69, 9.17) is 0 Å². The molecule has 0 unspecified atom stereocenters. The number of aliphatic imine (C=N–C) groups is 1. The second-order valence-electron chi connectivity index (χ2n) is 6.38. The molecular weight excluding hydrogens is 286 g/mol. The summed E-state index contributed by atoms with van der Waals surface area (Å²) in [7, 11) is 1.79. The maximum atomic E-state index is 4.29. The molecule has 5 nitrogen and oxygen atoms in total. The average Bonchev–Trinajstić information content (AvgIpc) is 2.97. The lowest BCUT2D eigenvalue weighted by molar-refractivity contribution is 0.506. The molecule has 2 aromatic rings. The molecule has 0 saturated heterocycles. The summed E-state index contributed by atoms with van der Waals surface area (Å²) in [5.41, 5.74) is 2.53. The van der Waals surface area contributed by atoms with Gasteiger partial charge in [-0.3, -0.25) is 9.67 Å². The SMILES string of the molecule is CN=C(NCCn1cc(C)cn1)NCC(C)(C)c1ccccc1. The molecule has 2 N–H and O–H groups in total. The van der Waals surface area contributed by atoms with Gasteiger partial charge in [0.15, 0.2) is 5.96 Å². The van der Waals surface area contributed by atoms with Crippen LogP contribution < -0.4 is 10.6 Å². The van der Waals surface area contributed by atoms with Gasteiger partial charge in [-0.05, 0) is 18.1 Å². The number of hydrogen-bond acceptors (Lipinski definition) is 2. The van der Waals surface area contributed by atoms with Gasteiger partial charge in [0.1, 0.15) is 0 Å². The van der Waals surface area contributed by atoms with E-state index < -0.39 is 0 Å². The normalized spacial score (nSPS) is 12.3. The Hall–Kier alpha value is -2.30. The Morgan fingerprint density at radius 1 is 1.22 bits per heavy atom. The quantitative estimate of drug-likeness (QED) is 0.636. The van der Waals surface area contributed by atoms with Crippen LogP contribution in [0.3, 0.4) is 0 Å². The second kappa shape index (κ2) is 7.81. The molecule has 124 valence electrons. The molecule has 1 aromatic carbocycles. The average molecular weight is 313 g/mol. The summed E-state index contributed by atoms with van der Waals surface area (Å²) in [6.07, 6.45) is 3.91. The molecule has 5 heteroatoms. The Bertz CT molecular complexity index is 628. The minimum absolute atomic E-state index is 0.0397. The summed E-state index contributed by atoms with van der Waals surface area (Å²) in [4.78, 5) is 4.29. The van der Waals surface area contributed by atoms with Crippen LogP contribution in [0.15, 0.2) is 47.7 Å². The van der Waals surface area contributed by atoms with Gasteiger partial charge in [0.25, 0.3) is 0 Å². The third kappa shape index (κ3) is 5.13. The predicted octanol–water partition coefficient (Wildman–Crippen LogP) is 2.33. The van der Waals surface area contributed by atoms with Crippen molar-refractivity contribution in [2.24, 2.45) is 4.99 Å². The summed E-state index contributed by atoms with van der Waals surface area (Å²) >= 11 is 0. The number of aryl methyl sites for hydroxylation is 1. The molecule has 0 aliphatic heterocycles. The largest absolute Gasteiger partial charge is 0.356 e. The predicted molar refractivity (Wildman–Crippen MR) is 95.8 cm³/mol. The van der Waals surface area contributed by atoms with Crippen LogP contribution in [-0.4, -0.2) is 35.9 Å². The first-order valence-corrected chi connectivity index (χ1v) is 8.00. The van der Waals surface area contributed by atoms with Gasteiger partial charge in [-0.15, -0.1) is 0 Å². The summed E-state index contributed by atoms with van der Waals surface area (Å²) < 4.78 is 1.93. The van der Waals surface area contributed by atoms with Gasteiger partial charge in [-0.25, -0.2) is 0 Å². The summed E-state index contributed by atoms with van der Waals surface area (Å²) in [5.74, 6) is 0.817. The zero-order chi connectivity index (χ0) is 16.7. The lowest BCUT2D eigenvalue weighted by Crippen LogP contribution is -2.44. The first-order chi connectivity index (χ1) is 11.0. The first-order valence-electron chi connectivity index (χ1n) is 8.00. The smallest absolute Gasteiger partial charge is 0.191 e. The maximum absolute atomic E-state index is 4.29. The van der Waals surface area contributed by atoms with Gasteiger partial charge in [0.2, 0.25) is 0 Å². The molecule has 0 radical (unpaired) electrons. The molecule has 0 fully saturated rings. The van der Waals surface area contributed by atoms with Crippen LogP contribution in [0, 0.1) is 6.92 Å². The van der Waals surface area contributed by atoms with Crippen LogP contribution in [0.25, 0.3) is 0 Å². The lowest BCUT2D eigenvalue weighted by Gasteiger charge is -2.26. The Morgan fingerprint density at radius 2 is 1.96 bits per heavy atom. The molecule has 2 rings (SSSR count). The van der Waals surface area contributed by atoms with Crippen molar-refractivity contribution in [3.8, 4) is 0 Å².